The van der Waals surface area contributed by atoms with Gasteiger partial charge in [-0.3, -0.25) is 11.3 Å². The molecule has 1 rings (SSSR count). The quantitative estimate of drug-likeness (QED) is 0.621. The van der Waals surface area contributed by atoms with Crippen molar-refractivity contribution in [1.29, 1.82) is 0 Å². The van der Waals surface area contributed by atoms with E-state index in [1.807, 2.05) is 6.07 Å². The van der Waals surface area contributed by atoms with Gasteiger partial charge in [-0.1, -0.05) is 32.4 Å². The number of nitrogens with two attached hydrogens (primary N) is 1. The first-order chi connectivity index (χ1) is 6.43. The van der Waals surface area contributed by atoms with Crippen molar-refractivity contribution in [3.8, 4) is 0 Å². The molecule has 0 radical (unpaired) electrons. The van der Waals surface area contributed by atoms with Crippen LogP contribution in [-0.2, 0) is 6.42 Å². The Morgan fingerprint density at radius 2 is 2.14 bits per heavy atom. The molecule has 1 unspecified atom stereocenters. The second kappa shape index (κ2) is 4.62. The van der Waals surface area contributed by atoms with Crippen molar-refractivity contribution in [3.63, 3.8) is 0 Å². The van der Waals surface area contributed by atoms with Crippen LogP contribution in [-0.4, -0.2) is 6.04 Å². The third-order valence-electron chi connectivity index (χ3n) is 2.28. The minimum absolute atomic E-state index is 0.158. The summed E-state index contributed by atoms with van der Waals surface area (Å²) in [7, 11) is 0. The molecule has 0 aliphatic carbocycles. The van der Waals surface area contributed by atoms with Crippen LogP contribution in [0.5, 0.6) is 0 Å². The second-order valence-electron chi connectivity index (χ2n) is 4.50. The maximum absolute atomic E-state index is 5.87. The molecule has 3 N–H and O–H groups in total. The van der Waals surface area contributed by atoms with E-state index >= 15 is 0 Å². The fourth-order valence-electron chi connectivity index (χ4n) is 1.28. The van der Waals surface area contributed by atoms with Crippen LogP contribution in [0, 0.1) is 5.41 Å². The molecule has 0 aliphatic rings. The van der Waals surface area contributed by atoms with E-state index in [1.54, 1.807) is 11.3 Å². The van der Waals surface area contributed by atoms with E-state index in [1.165, 1.54) is 4.88 Å². The predicted octanol–water partition coefficient (Wildman–Crippen LogP) is 2.82. The van der Waals surface area contributed by atoms with Crippen LogP contribution in [0.2, 0.25) is 4.34 Å². The highest BCUT2D eigenvalue weighted by atomic mass is 35.5. The van der Waals surface area contributed by atoms with Crippen LogP contribution < -0.4 is 11.3 Å². The van der Waals surface area contributed by atoms with Gasteiger partial charge in [0.25, 0.3) is 0 Å². The largest absolute Gasteiger partial charge is 0.271 e. The average molecular weight is 233 g/mol. The summed E-state index contributed by atoms with van der Waals surface area (Å²) in [4.78, 5) is 1.27. The van der Waals surface area contributed by atoms with E-state index < -0.39 is 0 Å². The van der Waals surface area contributed by atoms with Gasteiger partial charge in [-0.05, 0) is 24.0 Å². The second-order valence-corrected chi connectivity index (χ2v) is 6.29. The summed E-state index contributed by atoms with van der Waals surface area (Å²) in [6.07, 6.45) is 0.928. The zero-order valence-corrected chi connectivity index (χ0v) is 10.4. The van der Waals surface area contributed by atoms with Crippen LogP contribution in [0.15, 0.2) is 12.1 Å². The van der Waals surface area contributed by atoms with Gasteiger partial charge in [0.05, 0.1) is 4.34 Å². The lowest BCUT2D eigenvalue weighted by Crippen LogP contribution is -2.45. The van der Waals surface area contributed by atoms with Crippen LogP contribution in [0.25, 0.3) is 0 Å². The Morgan fingerprint density at radius 3 is 2.50 bits per heavy atom. The topological polar surface area (TPSA) is 38.0 Å². The molecular weight excluding hydrogens is 216 g/mol. The molecule has 14 heavy (non-hydrogen) atoms. The van der Waals surface area contributed by atoms with Gasteiger partial charge in [0, 0.05) is 10.9 Å². The first-order valence-electron chi connectivity index (χ1n) is 4.64. The van der Waals surface area contributed by atoms with E-state index in [4.69, 9.17) is 17.4 Å². The zero-order valence-electron chi connectivity index (χ0n) is 8.80. The van der Waals surface area contributed by atoms with Crippen LogP contribution in [0.3, 0.4) is 0 Å². The van der Waals surface area contributed by atoms with Crippen LogP contribution in [0.1, 0.15) is 25.6 Å². The predicted molar refractivity (Wildman–Crippen MR) is 63.6 cm³/mol. The Bertz CT molecular complexity index is 291. The number of hydrogen-bond donors (Lipinski definition) is 2. The maximum Gasteiger partial charge on any atom is 0.0931 e. The zero-order chi connectivity index (χ0) is 10.8. The highest BCUT2D eigenvalue weighted by Gasteiger charge is 2.23. The van der Waals surface area contributed by atoms with Gasteiger partial charge < -0.3 is 0 Å². The summed E-state index contributed by atoms with van der Waals surface area (Å²) in [6.45, 7) is 6.52. The Kier molecular flexibility index (Phi) is 3.95. The fourth-order valence-corrected chi connectivity index (χ4v) is 2.41. The van der Waals surface area contributed by atoms with E-state index in [0.29, 0.717) is 0 Å². The number of nitrogens with one attached hydrogen (secondary N) is 1. The highest BCUT2D eigenvalue weighted by Crippen LogP contribution is 2.27. The number of thiophene rings is 1. The molecule has 0 saturated heterocycles. The summed E-state index contributed by atoms with van der Waals surface area (Å²) < 4.78 is 0.838. The van der Waals surface area contributed by atoms with Gasteiger partial charge in [0.1, 0.15) is 0 Å². The van der Waals surface area contributed by atoms with Gasteiger partial charge in [-0.15, -0.1) is 11.3 Å². The molecule has 1 aromatic rings. The lowest BCUT2D eigenvalue weighted by molar-refractivity contribution is 0.270. The van der Waals surface area contributed by atoms with Gasteiger partial charge in [-0.2, -0.15) is 0 Å². The number of hydrazine groups is 1. The van der Waals surface area contributed by atoms with Crippen molar-refractivity contribution >= 4 is 22.9 Å². The van der Waals surface area contributed by atoms with Gasteiger partial charge >= 0.3 is 0 Å². The van der Waals surface area contributed by atoms with Crippen LogP contribution >= 0.6 is 22.9 Å². The molecule has 1 aromatic heterocycles. The van der Waals surface area contributed by atoms with E-state index in [9.17, 15) is 0 Å². The van der Waals surface area contributed by atoms with E-state index in [2.05, 4.69) is 32.3 Å². The Morgan fingerprint density at radius 1 is 1.50 bits per heavy atom. The van der Waals surface area contributed by atoms with Gasteiger partial charge in [-0.25, -0.2) is 0 Å². The van der Waals surface area contributed by atoms with Crippen molar-refractivity contribution in [3.05, 3.63) is 21.3 Å². The molecule has 0 saturated carbocycles. The molecule has 1 atom stereocenters. The summed E-state index contributed by atoms with van der Waals surface area (Å²) in [6, 6.07) is 4.26. The third kappa shape index (κ3) is 3.24. The monoisotopic (exact) mass is 232 g/mol. The molecule has 2 nitrogen and oxygen atoms in total. The molecule has 4 heteroatoms. The number of halogens is 1. The summed E-state index contributed by atoms with van der Waals surface area (Å²) >= 11 is 7.49. The normalized spacial score (nSPS) is 14.4. The molecule has 80 valence electrons. The number of hydrogen-bond acceptors (Lipinski definition) is 3. The van der Waals surface area contributed by atoms with Crippen molar-refractivity contribution in [2.45, 2.75) is 33.2 Å². The van der Waals surface area contributed by atoms with Gasteiger partial charge in [0.2, 0.25) is 0 Å². The number of rotatable bonds is 3. The minimum atomic E-state index is 0.158. The fraction of sp³-hybridized carbons (Fsp3) is 0.600. The van der Waals surface area contributed by atoms with Crippen molar-refractivity contribution < 1.29 is 0 Å². The van der Waals surface area contributed by atoms with E-state index in [-0.39, 0.29) is 11.5 Å². The standard InChI is InChI=1S/C10H17ClN2S/c1-10(2,3)8(13-12)6-7-4-5-9(11)14-7/h4-5,8,13H,6,12H2,1-3H3. The Balaban J connectivity index is 2.66. The molecule has 0 amide bonds. The third-order valence-corrected chi connectivity index (χ3v) is 3.53. The first-order valence-corrected chi connectivity index (χ1v) is 5.83. The van der Waals surface area contributed by atoms with Gasteiger partial charge in [0.15, 0.2) is 0 Å². The molecule has 0 aromatic carbocycles. The molecule has 0 fully saturated rings. The maximum atomic E-state index is 5.87. The van der Waals surface area contributed by atoms with Crippen LogP contribution in [0.4, 0.5) is 0 Å². The summed E-state index contributed by atoms with van der Waals surface area (Å²) in [5.41, 5.74) is 3.02. The lowest BCUT2D eigenvalue weighted by atomic mass is 9.85. The van der Waals surface area contributed by atoms with E-state index in [0.717, 1.165) is 10.8 Å². The summed E-state index contributed by atoms with van der Waals surface area (Å²) in [5.74, 6) is 5.54. The molecule has 0 spiro atoms. The molecule has 0 bridgehead atoms. The van der Waals surface area contributed by atoms with Crippen molar-refractivity contribution in [1.82, 2.24) is 5.43 Å². The molecule has 0 aliphatic heterocycles. The molecule has 1 heterocycles. The van der Waals surface area contributed by atoms with Crippen molar-refractivity contribution in [2.75, 3.05) is 0 Å². The smallest absolute Gasteiger partial charge is 0.0931 e. The highest BCUT2D eigenvalue weighted by molar-refractivity contribution is 7.16. The Labute approximate surface area is 94.4 Å². The van der Waals surface area contributed by atoms with Crippen molar-refractivity contribution in [2.24, 2.45) is 11.3 Å². The lowest BCUT2D eigenvalue weighted by Gasteiger charge is -2.29. The first kappa shape index (κ1) is 12.0. The summed E-state index contributed by atoms with van der Waals surface area (Å²) in [5, 5.41) is 0. The SMILES string of the molecule is CC(C)(C)C(Cc1ccc(Cl)s1)NN. The average Bonchev–Trinajstić information content (AvgIpc) is 2.45. The minimum Gasteiger partial charge on any atom is -0.271 e. The molecular formula is C10H17ClN2S. The Hall–Kier alpha value is -0.0900.